The normalized spacial score (nSPS) is 13.6. The van der Waals surface area contributed by atoms with E-state index < -0.39 is 7.04 Å². The Morgan fingerprint density at radius 3 is 2.74 bits per heavy atom. The Kier molecular flexibility index (Phi) is 2.07. The quantitative estimate of drug-likeness (QED) is 0.704. The van der Waals surface area contributed by atoms with Crippen LogP contribution in [0.25, 0.3) is 22.3 Å². The maximum atomic E-state index is 12.2. The van der Waals surface area contributed by atoms with Crippen molar-refractivity contribution in [3.05, 3.63) is 64.8 Å². The molecule has 0 atom stereocenters. The standard InChI is InChI=1S/C16H12O3/c1-18-12-7-8-13-14(17)10-15(19-16(13)9-12)11-5-3-2-4-6-11/h2-10H,1H3/i1D3. The molecule has 0 bridgehead atoms. The minimum atomic E-state index is -2.55. The molecule has 0 aliphatic heterocycles. The van der Waals surface area contributed by atoms with Crippen LogP contribution in [0, 0.1) is 0 Å². The molecule has 0 aliphatic carbocycles. The molecule has 0 saturated carbocycles. The lowest BCUT2D eigenvalue weighted by Crippen LogP contribution is -2.00. The number of methoxy groups -OCH3 is 1. The van der Waals surface area contributed by atoms with Crippen molar-refractivity contribution in [3.63, 3.8) is 0 Å². The summed E-state index contributed by atoms with van der Waals surface area (Å²) in [5.41, 5.74) is 0.859. The molecule has 0 saturated heterocycles. The third-order valence-corrected chi connectivity index (χ3v) is 2.88. The Morgan fingerprint density at radius 2 is 1.95 bits per heavy atom. The highest BCUT2D eigenvalue weighted by molar-refractivity contribution is 5.80. The Hall–Kier alpha value is -2.55. The van der Waals surface area contributed by atoms with Crippen molar-refractivity contribution in [1.82, 2.24) is 0 Å². The minimum absolute atomic E-state index is 0.126. The molecule has 3 heteroatoms. The first-order valence-corrected chi connectivity index (χ1v) is 5.75. The van der Waals surface area contributed by atoms with Gasteiger partial charge in [-0.15, -0.1) is 0 Å². The number of benzene rings is 2. The molecule has 0 N–H and O–H groups in total. The van der Waals surface area contributed by atoms with Crippen molar-refractivity contribution in [1.29, 1.82) is 0 Å². The fourth-order valence-electron chi connectivity index (χ4n) is 1.94. The summed E-state index contributed by atoms with van der Waals surface area (Å²) in [4.78, 5) is 12.2. The molecule has 1 aromatic heterocycles. The van der Waals surface area contributed by atoms with Crippen molar-refractivity contribution < 1.29 is 13.3 Å². The first-order chi connectivity index (χ1) is 10.4. The van der Waals surface area contributed by atoms with E-state index in [0.717, 1.165) is 5.56 Å². The average Bonchev–Trinajstić information content (AvgIpc) is 2.46. The van der Waals surface area contributed by atoms with Gasteiger partial charge in [-0.2, -0.15) is 0 Å². The third kappa shape index (κ3) is 2.10. The van der Waals surface area contributed by atoms with E-state index in [4.69, 9.17) is 13.3 Å². The zero-order chi connectivity index (χ0) is 15.7. The molecule has 0 fully saturated rings. The van der Waals surface area contributed by atoms with Crippen LogP contribution in [0.1, 0.15) is 4.11 Å². The highest BCUT2D eigenvalue weighted by atomic mass is 16.5. The molecule has 1 heterocycles. The number of fused-ring (bicyclic) bond motifs is 1. The molecule has 0 unspecified atom stereocenters. The van der Waals surface area contributed by atoms with Gasteiger partial charge in [0.05, 0.1) is 16.5 Å². The number of hydrogen-bond donors (Lipinski definition) is 0. The first kappa shape index (κ1) is 8.53. The van der Waals surface area contributed by atoms with Crippen LogP contribution in [0.5, 0.6) is 5.75 Å². The van der Waals surface area contributed by atoms with E-state index in [9.17, 15) is 4.79 Å². The predicted molar refractivity (Wildman–Crippen MR) is 74.5 cm³/mol. The molecule has 0 spiro atoms. The minimum Gasteiger partial charge on any atom is -0.497 e. The number of rotatable bonds is 2. The van der Waals surface area contributed by atoms with E-state index in [1.54, 1.807) is 0 Å². The zero-order valence-corrected chi connectivity index (χ0v) is 9.92. The molecule has 3 aromatic rings. The fourth-order valence-corrected chi connectivity index (χ4v) is 1.94. The maximum Gasteiger partial charge on any atom is 0.193 e. The van der Waals surface area contributed by atoms with Crippen molar-refractivity contribution in [3.8, 4) is 17.1 Å². The van der Waals surface area contributed by atoms with Gasteiger partial charge in [-0.1, -0.05) is 30.3 Å². The van der Waals surface area contributed by atoms with E-state index in [2.05, 4.69) is 0 Å². The van der Waals surface area contributed by atoms with Crippen molar-refractivity contribution in [2.45, 2.75) is 0 Å². The second kappa shape index (κ2) is 4.61. The lowest BCUT2D eigenvalue weighted by atomic mass is 10.1. The Morgan fingerprint density at radius 1 is 1.11 bits per heavy atom. The fraction of sp³-hybridized carbons (Fsp3) is 0.0625. The Bertz CT molecular complexity index is 867. The van der Waals surface area contributed by atoms with E-state index in [0.29, 0.717) is 11.1 Å². The summed E-state index contributed by atoms with van der Waals surface area (Å²) < 4.78 is 31.9. The predicted octanol–water partition coefficient (Wildman–Crippen LogP) is 3.47. The summed E-state index contributed by atoms with van der Waals surface area (Å²) in [5.74, 6) is 0.546. The van der Waals surface area contributed by atoms with Crippen LogP contribution >= 0.6 is 0 Å². The van der Waals surface area contributed by atoms with E-state index in [1.165, 1.54) is 24.3 Å². The van der Waals surface area contributed by atoms with Crippen LogP contribution in [0.15, 0.2) is 63.8 Å². The molecule has 2 aromatic carbocycles. The van der Waals surface area contributed by atoms with E-state index >= 15 is 0 Å². The monoisotopic (exact) mass is 255 g/mol. The smallest absolute Gasteiger partial charge is 0.193 e. The SMILES string of the molecule is [2H]C([2H])([2H])Oc1ccc2c(=O)cc(-c3ccccc3)oc2c1. The largest absolute Gasteiger partial charge is 0.497 e. The first-order valence-electron chi connectivity index (χ1n) is 7.25. The van der Waals surface area contributed by atoms with E-state index in [1.807, 2.05) is 30.3 Å². The zero-order valence-electron chi connectivity index (χ0n) is 12.9. The molecule has 0 radical (unpaired) electrons. The van der Waals surface area contributed by atoms with Gasteiger partial charge in [0.15, 0.2) is 5.43 Å². The van der Waals surface area contributed by atoms with Gasteiger partial charge in [0.1, 0.15) is 17.1 Å². The van der Waals surface area contributed by atoms with Crippen LogP contribution in [-0.4, -0.2) is 7.04 Å². The maximum absolute atomic E-state index is 12.2. The molecule has 94 valence electrons. The molecular weight excluding hydrogens is 240 g/mol. The summed E-state index contributed by atoms with van der Waals surface area (Å²) in [5, 5.41) is 0.373. The van der Waals surface area contributed by atoms with Crippen molar-refractivity contribution in [2.24, 2.45) is 0 Å². The Balaban J connectivity index is 2.13. The summed E-state index contributed by atoms with van der Waals surface area (Å²) in [6.45, 7) is 0. The van der Waals surface area contributed by atoms with Crippen molar-refractivity contribution >= 4 is 11.0 Å². The van der Waals surface area contributed by atoms with Gasteiger partial charge in [-0.3, -0.25) is 4.79 Å². The van der Waals surface area contributed by atoms with Crippen LogP contribution in [-0.2, 0) is 0 Å². The summed E-state index contributed by atoms with van der Waals surface area (Å²) in [7, 11) is -2.55. The van der Waals surface area contributed by atoms with Gasteiger partial charge in [0.25, 0.3) is 0 Å². The van der Waals surface area contributed by atoms with Crippen LogP contribution < -0.4 is 10.2 Å². The average molecular weight is 255 g/mol. The second-order valence-electron chi connectivity index (χ2n) is 4.10. The van der Waals surface area contributed by atoms with Gasteiger partial charge in [-0.05, 0) is 12.1 Å². The summed E-state index contributed by atoms with van der Waals surface area (Å²) in [6.07, 6.45) is 0. The van der Waals surface area contributed by atoms with Gasteiger partial charge < -0.3 is 9.15 Å². The van der Waals surface area contributed by atoms with Crippen LogP contribution in [0.4, 0.5) is 0 Å². The van der Waals surface area contributed by atoms with E-state index in [-0.39, 0.29) is 16.8 Å². The number of ether oxygens (including phenoxy) is 1. The molecule has 0 amide bonds. The van der Waals surface area contributed by atoms with Gasteiger partial charge >= 0.3 is 0 Å². The molecule has 19 heavy (non-hydrogen) atoms. The second-order valence-corrected chi connectivity index (χ2v) is 4.10. The summed E-state index contributed by atoms with van der Waals surface area (Å²) in [6, 6.07) is 15.0. The van der Waals surface area contributed by atoms with Gasteiger partial charge in [0, 0.05) is 17.7 Å². The van der Waals surface area contributed by atoms with Crippen LogP contribution in [0.3, 0.4) is 0 Å². The van der Waals surface area contributed by atoms with Crippen LogP contribution in [0.2, 0.25) is 0 Å². The molecule has 3 rings (SSSR count). The van der Waals surface area contributed by atoms with Gasteiger partial charge in [-0.25, -0.2) is 0 Å². The highest BCUT2D eigenvalue weighted by Gasteiger charge is 2.07. The highest BCUT2D eigenvalue weighted by Crippen LogP contribution is 2.24. The lowest BCUT2D eigenvalue weighted by Gasteiger charge is -2.04. The molecule has 3 nitrogen and oxygen atoms in total. The number of hydrogen-bond acceptors (Lipinski definition) is 3. The Labute approximate surface area is 114 Å². The van der Waals surface area contributed by atoms with Crippen molar-refractivity contribution in [2.75, 3.05) is 7.04 Å². The molecule has 0 aliphatic rings. The third-order valence-electron chi connectivity index (χ3n) is 2.88. The summed E-state index contributed by atoms with van der Waals surface area (Å²) >= 11 is 0. The molecular formula is C16H12O3. The topological polar surface area (TPSA) is 39.4 Å². The van der Waals surface area contributed by atoms with Gasteiger partial charge in [0.2, 0.25) is 0 Å². The lowest BCUT2D eigenvalue weighted by molar-refractivity contribution is 0.414.